The van der Waals surface area contributed by atoms with Crippen molar-refractivity contribution in [2.45, 2.75) is 31.8 Å². The molecule has 1 N–H and O–H groups in total. The van der Waals surface area contributed by atoms with E-state index in [0.717, 1.165) is 31.7 Å². The molecule has 8 heteroatoms. The third-order valence-electron chi connectivity index (χ3n) is 4.57. The van der Waals surface area contributed by atoms with Gasteiger partial charge in [0, 0.05) is 37.7 Å². The van der Waals surface area contributed by atoms with Gasteiger partial charge in [0.1, 0.15) is 0 Å². The minimum absolute atomic E-state index is 0.113. The quantitative estimate of drug-likeness (QED) is 0.844. The van der Waals surface area contributed by atoms with Crippen LogP contribution in [0.5, 0.6) is 0 Å². The molecule has 3 heterocycles. The molecular formula is C17H23N7O. The molecule has 8 nitrogen and oxygen atoms in total. The second-order valence-electron chi connectivity index (χ2n) is 6.25. The fraction of sp³-hybridized carbons (Fsp3) is 0.471. The molecule has 1 aliphatic rings. The normalized spacial score (nSPS) is 18.4. The van der Waals surface area contributed by atoms with E-state index in [0.29, 0.717) is 12.0 Å². The fourth-order valence-corrected chi connectivity index (χ4v) is 3.04. The highest BCUT2D eigenvalue weighted by Gasteiger charge is 2.29. The van der Waals surface area contributed by atoms with Crippen molar-refractivity contribution in [1.82, 2.24) is 25.1 Å². The summed E-state index contributed by atoms with van der Waals surface area (Å²) in [5.41, 5.74) is 0. The zero-order valence-electron chi connectivity index (χ0n) is 14.5. The highest BCUT2D eigenvalue weighted by Crippen LogP contribution is 2.24. The van der Waals surface area contributed by atoms with Gasteiger partial charge in [-0.3, -0.25) is 15.0 Å². The van der Waals surface area contributed by atoms with Crippen molar-refractivity contribution in [2.75, 3.05) is 30.4 Å². The van der Waals surface area contributed by atoms with Crippen molar-refractivity contribution >= 4 is 17.7 Å². The van der Waals surface area contributed by atoms with Gasteiger partial charge in [-0.2, -0.15) is 5.10 Å². The third kappa shape index (κ3) is 4.27. The Labute approximate surface area is 147 Å². The highest BCUT2D eigenvalue weighted by molar-refractivity contribution is 5.92. The van der Waals surface area contributed by atoms with Crippen molar-refractivity contribution < 1.29 is 4.79 Å². The molecule has 1 aliphatic heterocycles. The molecule has 0 unspecified atom stereocenters. The fourth-order valence-electron chi connectivity index (χ4n) is 3.04. The van der Waals surface area contributed by atoms with Gasteiger partial charge in [0.05, 0.1) is 6.04 Å². The zero-order chi connectivity index (χ0) is 17.6. The second-order valence-corrected chi connectivity index (χ2v) is 6.25. The summed E-state index contributed by atoms with van der Waals surface area (Å²) >= 11 is 0. The lowest BCUT2D eigenvalue weighted by atomic mass is 10.1. The maximum atomic E-state index is 12.4. The first-order chi connectivity index (χ1) is 12.1. The Morgan fingerprint density at radius 3 is 2.88 bits per heavy atom. The summed E-state index contributed by atoms with van der Waals surface area (Å²) in [4.78, 5) is 24.8. The van der Waals surface area contributed by atoms with Crippen LogP contribution in [-0.2, 0) is 4.79 Å². The van der Waals surface area contributed by atoms with Crippen LogP contribution in [0.4, 0.5) is 11.8 Å². The van der Waals surface area contributed by atoms with E-state index in [4.69, 9.17) is 0 Å². The molecule has 0 aromatic carbocycles. The second kappa shape index (κ2) is 7.98. The zero-order valence-corrected chi connectivity index (χ0v) is 14.5. The van der Waals surface area contributed by atoms with Gasteiger partial charge in [0.2, 0.25) is 11.9 Å². The summed E-state index contributed by atoms with van der Waals surface area (Å²) in [7, 11) is 1.96. The van der Waals surface area contributed by atoms with Gasteiger partial charge < -0.3 is 4.90 Å². The van der Waals surface area contributed by atoms with Crippen LogP contribution < -0.4 is 10.2 Å². The van der Waals surface area contributed by atoms with E-state index in [9.17, 15) is 4.79 Å². The van der Waals surface area contributed by atoms with Crippen LogP contribution in [0.15, 0.2) is 36.8 Å². The number of nitrogens with zero attached hydrogens (tertiary/aromatic N) is 6. The molecule has 2 aromatic rings. The minimum atomic E-state index is -0.284. The Hall–Kier alpha value is -2.61. The van der Waals surface area contributed by atoms with Crippen molar-refractivity contribution in [1.29, 1.82) is 0 Å². The summed E-state index contributed by atoms with van der Waals surface area (Å²) in [5, 5.41) is 10.9. The van der Waals surface area contributed by atoms with Crippen LogP contribution >= 0.6 is 0 Å². The van der Waals surface area contributed by atoms with Gasteiger partial charge in [-0.05, 0) is 45.0 Å². The monoisotopic (exact) mass is 341 g/mol. The van der Waals surface area contributed by atoms with Gasteiger partial charge >= 0.3 is 0 Å². The number of likely N-dealkylation sites (N-methyl/N-ethyl adjacent to an activating group) is 1. The van der Waals surface area contributed by atoms with Crippen LogP contribution in [0.1, 0.15) is 19.8 Å². The van der Waals surface area contributed by atoms with E-state index >= 15 is 0 Å². The molecule has 0 aliphatic carbocycles. The average molecular weight is 341 g/mol. The van der Waals surface area contributed by atoms with Crippen LogP contribution in [0.2, 0.25) is 0 Å². The van der Waals surface area contributed by atoms with Crippen LogP contribution in [0.3, 0.4) is 0 Å². The lowest BCUT2D eigenvalue weighted by molar-refractivity contribution is -0.120. The lowest BCUT2D eigenvalue weighted by Gasteiger charge is -2.31. The first-order valence-electron chi connectivity index (χ1n) is 8.47. The number of hydrogen-bond donors (Lipinski definition) is 1. The van der Waals surface area contributed by atoms with Gasteiger partial charge in [-0.15, -0.1) is 5.10 Å². The minimum Gasteiger partial charge on any atom is -0.351 e. The summed E-state index contributed by atoms with van der Waals surface area (Å²) in [6.07, 6.45) is 7.09. The summed E-state index contributed by atoms with van der Waals surface area (Å²) in [6, 6.07) is 5.64. The molecule has 2 atom stereocenters. The summed E-state index contributed by atoms with van der Waals surface area (Å²) in [6.45, 7) is 3.64. The van der Waals surface area contributed by atoms with E-state index in [1.807, 2.05) is 26.1 Å². The molecule has 2 aromatic heterocycles. The SMILES string of the molecule is C[C@H](C(=O)Nc1ncccn1)N(C)C[C@@H]1CCCN1c1cccnn1. The topological polar surface area (TPSA) is 87.1 Å². The third-order valence-corrected chi connectivity index (χ3v) is 4.57. The standard InChI is InChI=1S/C17H23N7O/c1-13(16(25)21-17-18-8-5-9-19-17)23(2)12-14-6-4-11-24(14)15-7-3-10-20-22-15/h3,5,7-10,13-14H,4,6,11-12H2,1-2H3,(H,18,19,21,25)/t13-,14+/m1/s1. The van der Waals surface area contributed by atoms with Gasteiger partial charge in [0.15, 0.2) is 5.82 Å². The van der Waals surface area contributed by atoms with Crippen molar-refractivity contribution in [3.05, 3.63) is 36.8 Å². The predicted molar refractivity (Wildman–Crippen MR) is 95.2 cm³/mol. The van der Waals surface area contributed by atoms with Gasteiger partial charge in [-0.1, -0.05) is 0 Å². The molecule has 1 saturated heterocycles. The van der Waals surface area contributed by atoms with Crippen LogP contribution in [-0.4, -0.2) is 63.2 Å². The molecule has 1 amide bonds. The molecule has 0 radical (unpaired) electrons. The summed E-state index contributed by atoms with van der Waals surface area (Å²) in [5.74, 6) is 1.11. The molecule has 132 valence electrons. The predicted octanol–water partition coefficient (Wildman–Crippen LogP) is 1.19. The van der Waals surface area contributed by atoms with E-state index in [1.165, 1.54) is 0 Å². The Morgan fingerprint density at radius 1 is 1.36 bits per heavy atom. The molecule has 1 fully saturated rings. The Bertz CT molecular complexity index is 682. The Kier molecular flexibility index (Phi) is 5.49. The van der Waals surface area contributed by atoms with E-state index in [-0.39, 0.29) is 11.9 Å². The molecule has 0 bridgehead atoms. The highest BCUT2D eigenvalue weighted by atomic mass is 16.2. The van der Waals surface area contributed by atoms with E-state index in [1.54, 1.807) is 24.7 Å². The van der Waals surface area contributed by atoms with Gasteiger partial charge in [0.25, 0.3) is 0 Å². The number of aromatic nitrogens is 4. The van der Waals surface area contributed by atoms with Crippen molar-refractivity contribution in [3.8, 4) is 0 Å². The number of amides is 1. The Morgan fingerprint density at radius 2 is 2.16 bits per heavy atom. The maximum absolute atomic E-state index is 12.4. The molecule has 0 saturated carbocycles. The molecule has 3 rings (SSSR count). The first-order valence-corrected chi connectivity index (χ1v) is 8.47. The number of carbonyl (C=O) groups excluding carboxylic acids is 1. The number of hydrogen-bond acceptors (Lipinski definition) is 7. The first kappa shape index (κ1) is 17.2. The lowest BCUT2D eigenvalue weighted by Crippen LogP contribution is -2.46. The number of anilines is 2. The number of nitrogens with one attached hydrogen (secondary N) is 1. The van der Waals surface area contributed by atoms with Crippen molar-refractivity contribution in [2.24, 2.45) is 0 Å². The van der Waals surface area contributed by atoms with E-state index < -0.39 is 0 Å². The van der Waals surface area contributed by atoms with Crippen molar-refractivity contribution in [3.63, 3.8) is 0 Å². The molecule has 0 spiro atoms. The molecular weight excluding hydrogens is 318 g/mol. The van der Waals surface area contributed by atoms with E-state index in [2.05, 4.69) is 35.3 Å². The Balaban J connectivity index is 1.59. The summed E-state index contributed by atoms with van der Waals surface area (Å²) < 4.78 is 0. The smallest absolute Gasteiger partial charge is 0.243 e. The number of carbonyl (C=O) groups is 1. The van der Waals surface area contributed by atoms with Crippen LogP contribution in [0.25, 0.3) is 0 Å². The molecule has 25 heavy (non-hydrogen) atoms. The largest absolute Gasteiger partial charge is 0.351 e. The number of rotatable bonds is 6. The van der Waals surface area contributed by atoms with Crippen LogP contribution in [0, 0.1) is 0 Å². The average Bonchev–Trinajstić information content (AvgIpc) is 3.10. The van der Waals surface area contributed by atoms with Gasteiger partial charge in [-0.25, -0.2) is 9.97 Å². The maximum Gasteiger partial charge on any atom is 0.243 e.